The second-order valence-electron chi connectivity index (χ2n) is 3.94. The fourth-order valence-corrected chi connectivity index (χ4v) is 2.43. The highest BCUT2D eigenvalue weighted by Crippen LogP contribution is 2.29. The van der Waals surface area contributed by atoms with E-state index in [1.165, 1.54) is 24.4 Å². The van der Waals surface area contributed by atoms with Crippen LogP contribution in [-0.2, 0) is 6.42 Å². The van der Waals surface area contributed by atoms with E-state index >= 15 is 0 Å². The molecular weight excluding hydrogens is 312 g/mol. The average molecular weight is 321 g/mol. The first-order valence-electron chi connectivity index (χ1n) is 5.41. The van der Waals surface area contributed by atoms with Crippen LogP contribution in [-0.4, -0.2) is 10.1 Å². The van der Waals surface area contributed by atoms with Crippen LogP contribution in [0, 0.1) is 5.82 Å². The normalized spacial score (nSPS) is 12.5. The molecule has 1 aromatic carbocycles. The van der Waals surface area contributed by atoms with Crippen LogP contribution < -0.4 is 0 Å². The number of hydrogen-bond donors (Lipinski definition) is 1. The van der Waals surface area contributed by atoms with Gasteiger partial charge in [-0.2, -0.15) is 0 Å². The Morgan fingerprint density at radius 2 is 1.95 bits per heavy atom. The van der Waals surface area contributed by atoms with Crippen molar-refractivity contribution in [3.05, 3.63) is 62.6 Å². The third kappa shape index (κ3) is 3.37. The molecule has 0 saturated carbocycles. The summed E-state index contributed by atoms with van der Waals surface area (Å²) in [6.45, 7) is 0. The first-order valence-corrected chi connectivity index (χ1v) is 6.54. The quantitative estimate of drug-likeness (QED) is 0.906. The van der Waals surface area contributed by atoms with Crippen LogP contribution in [0.5, 0.6) is 0 Å². The van der Waals surface area contributed by atoms with E-state index in [-0.39, 0.29) is 27.7 Å². The Kier molecular flexibility index (Phi) is 4.63. The molecule has 0 fully saturated rings. The molecule has 6 heteroatoms. The number of aliphatic hydroxyl groups excluding tert-OH is 1. The lowest BCUT2D eigenvalue weighted by Crippen LogP contribution is -2.07. The molecule has 100 valence electrons. The Morgan fingerprint density at radius 1 is 1.21 bits per heavy atom. The molecule has 1 unspecified atom stereocenters. The Bertz CT molecular complexity index is 586. The summed E-state index contributed by atoms with van der Waals surface area (Å²) in [7, 11) is 0. The van der Waals surface area contributed by atoms with Crippen LogP contribution in [0.1, 0.15) is 17.4 Å². The molecule has 1 N–H and O–H groups in total. The van der Waals surface area contributed by atoms with Gasteiger partial charge in [-0.05, 0) is 18.2 Å². The number of aromatic nitrogens is 1. The molecule has 0 aliphatic carbocycles. The van der Waals surface area contributed by atoms with Crippen LogP contribution in [0.2, 0.25) is 15.1 Å². The minimum absolute atomic E-state index is 0.0140. The molecular formula is C13H9Cl3FNO. The summed E-state index contributed by atoms with van der Waals surface area (Å²) in [6.07, 6.45) is 0.300. The van der Waals surface area contributed by atoms with E-state index in [9.17, 15) is 9.50 Å². The second-order valence-corrected chi connectivity index (χ2v) is 5.19. The highest BCUT2D eigenvalue weighted by Gasteiger charge is 2.18. The molecule has 0 aliphatic heterocycles. The molecule has 1 aromatic heterocycles. The van der Waals surface area contributed by atoms with Gasteiger partial charge in [-0.15, -0.1) is 0 Å². The molecule has 0 amide bonds. The minimum Gasteiger partial charge on any atom is -0.386 e. The molecule has 0 spiro atoms. The molecule has 2 rings (SSSR count). The largest absolute Gasteiger partial charge is 0.386 e. The monoisotopic (exact) mass is 319 g/mol. The Labute approximate surface area is 124 Å². The van der Waals surface area contributed by atoms with Gasteiger partial charge in [0, 0.05) is 23.2 Å². The molecule has 1 heterocycles. The van der Waals surface area contributed by atoms with Gasteiger partial charge in [-0.1, -0.05) is 40.9 Å². The van der Waals surface area contributed by atoms with Crippen LogP contribution in [0.25, 0.3) is 0 Å². The SMILES string of the molecule is OC(Cc1c(F)cccc1Cl)c1ncc(Cl)cc1Cl. The van der Waals surface area contributed by atoms with Crippen molar-refractivity contribution in [2.24, 2.45) is 0 Å². The summed E-state index contributed by atoms with van der Waals surface area (Å²) in [5, 5.41) is 10.9. The predicted molar refractivity (Wildman–Crippen MR) is 74.3 cm³/mol. The van der Waals surface area contributed by atoms with Gasteiger partial charge in [0.1, 0.15) is 11.9 Å². The number of halogens is 4. The van der Waals surface area contributed by atoms with E-state index < -0.39 is 11.9 Å². The molecule has 0 bridgehead atoms. The zero-order chi connectivity index (χ0) is 14.0. The van der Waals surface area contributed by atoms with E-state index in [0.29, 0.717) is 5.02 Å². The maximum atomic E-state index is 13.6. The van der Waals surface area contributed by atoms with Crippen LogP contribution in [0.4, 0.5) is 4.39 Å². The average Bonchev–Trinajstić information content (AvgIpc) is 2.33. The second kappa shape index (κ2) is 6.06. The number of rotatable bonds is 3. The summed E-state index contributed by atoms with van der Waals surface area (Å²) in [4.78, 5) is 3.95. The number of aliphatic hydroxyl groups is 1. The predicted octanol–water partition coefficient (Wildman–Crippen LogP) is 4.46. The van der Waals surface area contributed by atoms with Gasteiger partial charge in [0.25, 0.3) is 0 Å². The van der Waals surface area contributed by atoms with Crippen molar-refractivity contribution in [2.45, 2.75) is 12.5 Å². The third-order valence-electron chi connectivity index (χ3n) is 2.61. The first-order chi connectivity index (χ1) is 8.99. The van der Waals surface area contributed by atoms with E-state index in [4.69, 9.17) is 34.8 Å². The van der Waals surface area contributed by atoms with Gasteiger partial charge < -0.3 is 5.11 Å². The molecule has 0 aliphatic rings. The van der Waals surface area contributed by atoms with E-state index in [2.05, 4.69) is 4.98 Å². The van der Waals surface area contributed by atoms with Gasteiger partial charge in [-0.3, -0.25) is 4.98 Å². The summed E-state index contributed by atoms with van der Waals surface area (Å²) in [5.41, 5.74) is 0.467. The van der Waals surface area contributed by atoms with E-state index in [0.717, 1.165) is 0 Å². The maximum Gasteiger partial charge on any atom is 0.127 e. The standard InChI is InChI=1S/C13H9Cl3FNO/c14-7-4-10(16)13(18-6-7)12(19)5-8-9(15)2-1-3-11(8)17/h1-4,6,12,19H,5H2. The van der Waals surface area contributed by atoms with Crippen molar-refractivity contribution in [3.63, 3.8) is 0 Å². The summed E-state index contributed by atoms with van der Waals surface area (Å²) >= 11 is 17.6. The number of nitrogens with zero attached hydrogens (tertiary/aromatic N) is 1. The number of pyridine rings is 1. The molecule has 0 radical (unpaired) electrons. The Balaban J connectivity index is 2.28. The fourth-order valence-electron chi connectivity index (χ4n) is 1.69. The van der Waals surface area contributed by atoms with Gasteiger partial charge in [0.15, 0.2) is 0 Å². The first kappa shape index (κ1) is 14.5. The van der Waals surface area contributed by atoms with E-state index in [1.54, 1.807) is 6.07 Å². The van der Waals surface area contributed by atoms with Crippen molar-refractivity contribution in [3.8, 4) is 0 Å². The minimum atomic E-state index is -1.06. The van der Waals surface area contributed by atoms with Gasteiger partial charge >= 0.3 is 0 Å². The molecule has 0 saturated heterocycles. The highest BCUT2D eigenvalue weighted by molar-refractivity contribution is 6.34. The maximum absolute atomic E-state index is 13.6. The van der Waals surface area contributed by atoms with Crippen LogP contribution in [0.3, 0.4) is 0 Å². The third-order valence-corrected chi connectivity index (χ3v) is 3.47. The van der Waals surface area contributed by atoms with Gasteiger partial charge in [-0.25, -0.2) is 4.39 Å². The fraction of sp³-hybridized carbons (Fsp3) is 0.154. The van der Waals surface area contributed by atoms with Crippen LogP contribution >= 0.6 is 34.8 Å². The lowest BCUT2D eigenvalue weighted by Gasteiger charge is -2.13. The zero-order valence-electron chi connectivity index (χ0n) is 9.58. The van der Waals surface area contributed by atoms with Gasteiger partial charge in [0.05, 0.1) is 15.7 Å². The van der Waals surface area contributed by atoms with E-state index in [1.807, 2.05) is 0 Å². The topological polar surface area (TPSA) is 33.1 Å². The number of benzene rings is 1. The summed E-state index contributed by atoms with van der Waals surface area (Å²) in [6, 6.07) is 5.81. The van der Waals surface area contributed by atoms with Gasteiger partial charge in [0.2, 0.25) is 0 Å². The Hall–Kier alpha value is -0.870. The smallest absolute Gasteiger partial charge is 0.127 e. The van der Waals surface area contributed by atoms with Crippen molar-refractivity contribution in [2.75, 3.05) is 0 Å². The van der Waals surface area contributed by atoms with Crippen molar-refractivity contribution >= 4 is 34.8 Å². The lowest BCUT2D eigenvalue weighted by molar-refractivity contribution is 0.172. The number of hydrogen-bond acceptors (Lipinski definition) is 2. The van der Waals surface area contributed by atoms with Crippen molar-refractivity contribution < 1.29 is 9.50 Å². The molecule has 19 heavy (non-hydrogen) atoms. The van der Waals surface area contributed by atoms with Crippen molar-refractivity contribution in [1.82, 2.24) is 4.98 Å². The summed E-state index contributed by atoms with van der Waals surface area (Å²) < 4.78 is 13.6. The molecule has 2 aromatic rings. The zero-order valence-corrected chi connectivity index (χ0v) is 11.8. The Morgan fingerprint density at radius 3 is 2.58 bits per heavy atom. The van der Waals surface area contributed by atoms with Crippen LogP contribution in [0.15, 0.2) is 30.5 Å². The summed E-state index contributed by atoms with van der Waals surface area (Å²) in [5.74, 6) is -0.475. The highest BCUT2D eigenvalue weighted by atomic mass is 35.5. The van der Waals surface area contributed by atoms with Crippen molar-refractivity contribution in [1.29, 1.82) is 0 Å². The molecule has 2 nitrogen and oxygen atoms in total. The lowest BCUT2D eigenvalue weighted by atomic mass is 10.0. The molecule has 1 atom stereocenters.